The molecule has 6 nitrogen and oxygen atoms in total. The fourth-order valence-corrected chi connectivity index (χ4v) is 3.94. The summed E-state index contributed by atoms with van der Waals surface area (Å²) in [4.78, 5) is 22.7. The molecule has 1 fully saturated rings. The maximum atomic E-state index is 10.5. The smallest absolute Gasteiger partial charge is 0.328 e. The van der Waals surface area contributed by atoms with Crippen molar-refractivity contribution in [3.63, 3.8) is 0 Å². The average molecular weight is 430 g/mol. The number of aliphatic hydroxyl groups is 1. The molecule has 1 aromatic heterocycles. The van der Waals surface area contributed by atoms with Crippen LogP contribution in [0.15, 0.2) is 66.1 Å². The second-order valence-corrected chi connectivity index (χ2v) is 7.81. The summed E-state index contributed by atoms with van der Waals surface area (Å²) in [7, 11) is 0. The highest BCUT2D eigenvalue weighted by Crippen LogP contribution is 2.27. The molecular formula is C23H27NO5S. The number of aliphatic hydroxyl groups excluding tert-OH is 1. The number of rotatable bonds is 7. The second kappa shape index (κ2) is 12.7. The topological polar surface area (TPSA) is 98.1 Å². The number of thiophene rings is 1. The van der Waals surface area contributed by atoms with Crippen molar-refractivity contribution >= 4 is 28.8 Å². The van der Waals surface area contributed by atoms with Gasteiger partial charge in [-0.1, -0.05) is 42.8 Å². The average Bonchev–Trinajstić information content (AvgIpc) is 3.27. The standard InChI is InChI=1S/C19H23NOS.C4H4O4/c21-17(15-20-11-5-2-6-12-20)14-18(19-10-7-13-22-19)16-8-3-1-4-9-16;5-3(6)1-2-4(7)8/h1,3-4,7-10,13-14,17,21H,2,5-6,11-12,15H2;1-2H,(H,5,6)(H,7,8)/b18-14-;2-1-. The maximum Gasteiger partial charge on any atom is 0.328 e. The van der Waals surface area contributed by atoms with Crippen LogP contribution in [0.1, 0.15) is 29.7 Å². The van der Waals surface area contributed by atoms with Crippen LogP contribution in [0.3, 0.4) is 0 Å². The molecule has 1 saturated heterocycles. The zero-order valence-corrected chi connectivity index (χ0v) is 17.5. The number of carboxylic acid groups (broad SMARTS) is 2. The summed E-state index contributed by atoms with van der Waals surface area (Å²) < 4.78 is 0. The summed E-state index contributed by atoms with van der Waals surface area (Å²) in [5.74, 6) is -2.51. The van der Waals surface area contributed by atoms with Crippen molar-refractivity contribution in [3.8, 4) is 0 Å². The Morgan fingerprint density at radius 3 is 2.13 bits per heavy atom. The summed E-state index contributed by atoms with van der Waals surface area (Å²) in [5.41, 5.74) is 2.31. The SMILES string of the molecule is O=C(O)/C=C\C(=O)O.OC(/C=C(/c1ccccc1)c1cccs1)CN1CCCCC1. The number of carboxylic acids is 2. The van der Waals surface area contributed by atoms with Crippen molar-refractivity contribution in [2.45, 2.75) is 25.4 Å². The number of carbonyl (C=O) groups is 2. The molecule has 3 rings (SSSR count). The van der Waals surface area contributed by atoms with Gasteiger partial charge in [-0.2, -0.15) is 0 Å². The Morgan fingerprint density at radius 2 is 1.60 bits per heavy atom. The normalized spacial score (nSPS) is 16.0. The Bertz CT molecular complexity index is 824. The molecule has 3 N–H and O–H groups in total. The second-order valence-electron chi connectivity index (χ2n) is 6.86. The Morgan fingerprint density at radius 1 is 0.967 bits per heavy atom. The lowest BCUT2D eigenvalue weighted by Gasteiger charge is -2.27. The molecule has 2 aromatic rings. The largest absolute Gasteiger partial charge is 0.478 e. The molecule has 30 heavy (non-hydrogen) atoms. The third-order valence-electron chi connectivity index (χ3n) is 4.49. The van der Waals surface area contributed by atoms with Crippen LogP contribution >= 0.6 is 11.3 Å². The highest BCUT2D eigenvalue weighted by atomic mass is 32.1. The van der Waals surface area contributed by atoms with E-state index in [1.807, 2.05) is 24.3 Å². The monoisotopic (exact) mass is 429 g/mol. The Labute approximate surface area is 180 Å². The number of piperidine rings is 1. The Balaban J connectivity index is 0.000000343. The number of β-amino-alcohol motifs (C(OH)–C–C–N with tert-alkyl or cyclic N) is 1. The van der Waals surface area contributed by atoms with Gasteiger partial charge in [-0.05, 0) is 54.6 Å². The summed E-state index contributed by atoms with van der Waals surface area (Å²) in [6, 6.07) is 14.5. The van der Waals surface area contributed by atoms with Gasteiger partial charge < -0.3 is 20.2 Å². The number of likely N-dealkylation sites (tertiary alicyclic amines) is 1. The lowest BCUT2D eigenvalue weighted by Crippen LogP contribution is -2.35. The lowest BCUT2D eigenvalue weighted by molar-refractivity contribution is -0.134. The summed E-state index contributed by atoms with van der Waals surface area (Å²) in [6.07, 6.45) is 6.56. The van der Waals surface area contributed by atoms with Crippen molar-refractivity contribution in [3.05, 3.63) is 76.5 Å². The van der Waals surface area contributed by atoms with E-state index in [9.17, 15) is 14.7 Å². The molecule has 0 radical (unpaired) electrons. The first kappa shape index (κ1) is 23.5. The van der Waals surface area contributed by atoms with E-state index in [0.717, 1.165) is 25.2 Å². The molecule has 1 aliphatic heterocycles. The van der Waals surface area contributed by atoms with Crippen molar-refractivity contribution in [2.75, 3.05) is 19.6 Å². The minimum atomic E-state index is -1.26. The van der Waals surface area contributed by atoms with E-state index in [1.165, 1.54) is 29.7 Å². The molecule has 1 aliphatic rings. The van der Waals surface area contributed by atoms with Gasteiger partial charge in [0.2, 0.25) is 0 Å². The van der Waals surface area contributed by atoms with Gasteiger partial charge in [0.25, 0.3) is 0 Å². The van der Waals surface area contributed by atoms with Gasteiger partial charge in [0, 0.05) is 23.6 Å². The molecule has 160 valence electrons. The highest BCUT2D eigenvalue weighted by molar-refractivity contribution is 7.11. The van der Waals surface area contributed by atoms with E-state index >= 15 is 0 Å². The Hall–Kier alpha value is -2.74. The van der Waals surface area contributed by atoms with E-state index in [0.29, 0.717) is 12.2 Å². The van der Waals surface area contributed by atoms with Crippen molar-refractivity contribution in [1.82, 2.24) is 4.90 Å². The van der Waals surface area contributed by atoms with E-state index < -0.39 is 18.0 Å². The molecule has 0 amide bonds. The molecule has 0 bridgehead atoms. The predicted molar refractivity (Wildman–Crippen MR) is 119 cm³/mol. The van der Waals surface area contributed by atoms with E-state index in [-0.39, 0.29) is 0 Å². The number of hydrogen-bond donors (Lipinski definition) is 3. The number of hydrogen-bond acceptors (Lipinski definition) is 5. The first-order valence-electron chi connectivity index (χ1n) is 9.81. The Kier molecular flexibility index (Phi) is 10.00. The van der Waals surface area contributed by atoms with Crippen LogP contribution in [0.5, 0.6) is 0 Å². The number of benzene rings is 1. The third-order valence-corrected chi connectivity index (χ3v) is 5.40. The molecule has 0 saturated carbocycles. The summed E-state index contributed by atoms with van der Waals surface area (Å²) >= 11 is 1.72. The van der Waals surface area contributed by atoms with Crippen LogP contribution < -0.4 is 0 Å². The third kappa shape index (κ3) is 8.73. The van der Waals surface area contributed by atoms with Gasteiger partial charge in [-0.3, -0.25) is 0 Å². The fraction of sp³-hybridized carbons (Fsp3) is 0.304. The van der Waals surface area contributed by atoms with Gasteiger partial charge in [0.1, 0.15) is 0 Å². The molecule has 0 aliphatic carbocycles. The number of nitrogens with zero attached hydrogens (tertiary/aromatic N) is 1. The molecule has 2 heterocycles. The zero-order valence-electron chi connectivity index (χ0n) is 16.7. The van der Waals surface area contributed by atoms with Crippen molar-refractivity contribution < 1.29 is 24.9 Å². The quantitative estimate of drug-likeness (QED) is 0.580. The van der Waals surface area contributed by atoms with Gasteiger partial charge in [0.05, 0.1) is 6.10 Å². The van der Waals surface area contributed by atoms with Crippen LogP contribution in [0, 0.1) is 0 Å². The van der Waals surface area contributed by atoms with Gasteiger partial charge in [0.15, 0.2) is 0 Å². The van der Waals surface area contributed by atoms with Gasteiger partial charge >= 0.3 is 11.9 Å². The molecule has 0 spiro atoms. The molecule has 7 heteroatoms. The molecule has 1 unspecified atom stereocenters. The minimum absolute atomic E-state index is 0.421. The van der Waals surface area contributed by atoms with Gasteiger partial charge in [-0.25, -0.2) is 9.59 Å². The van der Waals surface area contributed by atoms with Crippen LogP contribution in [0.4, 0.5) is 0 Å². The van der Waals surface area contributed by atoms with Crippen molar-refractivity contribution in [1.29, 1.82) is 0 Å². The summed E-state index contributed by atoms with van der Waals surface area (Å²) in [6.45, 7) is 2.97. The van der Waals surface area contributed by atoms with Gasteiger partial charge in [-0.15, -0.1) is 11.3 Å². The molecular weight excluding hydrogens is 402 g/mol. The van der Waals surface area contributed by atoms with Crippen LogP contribution in [0.2, 0.25) is 0 Å². The predicted octanol–water partition coefficient (Wildman–Crippen LogP) is 3.74. The van der Waals surface area contributed by atoms with Crippen molar-refractivity contribution in [2.24, 2.45) is 0 Å². The maximum absolute atomic E-state index is 10.5. The van der Waals surface area contributed by atoms with E-state index in [4.69, 9.17) is 10.2 Å². The van der Waals surface area contributed by atoms with Crippen LogP contribution in [-0.2, 0) is 9.59 Å². The minimum Gasteiger partial charge on any atom is -0.478 e. The molecule has 1 atom stereocenters. The highest BCUT2D eigenvalue weighted by Gasteiger charge is 2.15. The van der Waals surface area contributed by atoms with Crippen LogP contribution in [-0.4, -0.2) is 57.9 Å². The van der Waals surface area contributed by atoms with E-state index in [2.05, 4.69) is 34.5 Å². The zero-order chi connectivity index (χ0) is 21.8. The fourth-order valence-electron chi connectivity index (χ4n) is 3.16. The lowest BCUT2D eigenvalue weighted by atomic mass is 10.0. The number of aliphatic carboxylic acids is 2. The first-order valence-corrected chi connectivity index (χ1v) is 10.7. The summed E-state index contributed by atoms with van der Waals surface area (Å²) in [5, 5.41) is 28.2. The first-order chi connectivity index (χ1) is 14.5. The van der Waals surface area contributed by atoms with Crippen LogP contribution in [0.25, 0.3) is 5.57 Å². The van der Waals surface area contributed by atoms with E-state index in [1.54, 1.807) is 11.3 Å². The molecule has 1 aromatic carbocycles.